The first-order valence-corrected chi connectivity index (χ1v) is 14.5. The normalized spacial score (nSPS) is 15.2. The fourth-order valence-corrected chi connectivity index (χ4v) is 5.46. The van der Waals surface area contributed by atoms with Gasteiger partial charge in [-0.15, -0.1) is 0 Å². The lowest BCUT2D eigenvalue weighted by Gasteiger charge is -2.33. The standard InChI is InChI=1S/C28H39N3O4S/c1-20-15-16-26(17-22(20)3)31(36(5,34)35)19-27(32)30(18-24-12-10-9-11-21(24)2)23(4)28(33)29-25-13-7-6-8-14-25/h9-12,15-17,23,25H,6-8,13-14,18-19H2,1-5H3,(H,29,33)/t23-/m1/s1. The van der Waals surface area contributed by atoms with Crippen molar-refractivity contribution >= 4 is 27.5 Å². The van der Waals surface area contributed by atoms with E-state index < -0.39 is 22.0 Å². The highest BCUT2D eigenvalue weighted by Crippen LogP contribution is 2.23. The summed E-state index contributed by atoms with van der Waals surface area (Å²) in [6.07, 6.45) is 6.34. The molecule has 1 aliphatic rings. The van der Waals surface area contributed by atoms with Crippen LogP contribution < -0.4 is 9.62 Å². The molecule has 2 amide bonds. The highest BCUT2D eigenvalue weighted by Gasteiger charge is 2.31. The molecule has 0 aliphatic heterocycles. The van der Waals surface area contributed by atoms with Crippen LogP contribution in [-0.2, 0) is 26.2 Å². The number of amides is 2. The van der Waals surface area contributed by atoms with Gasteiger partial charge in [0, 0.05) is 12.6 Å². The van der Waals surface area contributed by atoms with Gasteiger partial charge in [-0.3, -0.25) is 13.9 Å². The molecule has 196 valence electrons. The lowest BCUT2D eigenvalue weighted by molar-refractivity contribution is -0.139. The van der Waals surface area contributed by atoms with Crippen LogP contribution in [0.25, 0.3) is 0 Å². The SMILES string of the molecule is Cc1ccc(N(CC(=O)N(Cc2ccccc2C)[C@H](C)C(=O)NC2CCCCC2)S(C)(=O)=O)cc1C. The van der Waals surface area contributed by atoms with E-state index in [2.05, 4.69) is 5.32 Å². The summed E-state index contributed by atoms with van der Waals surface area (Å²) in [4.78, 5) is 28.4. The number of aryl methyl sites for hydroxylation is 3. The van der Waals surface area contributed by atoms with E-state index in [1.165, 1.54) is 11.3 Å². The Labute approximate surface area is 215 Å². The fourth-order valence-electron chi connectivity index (χ4n) is 4.62. The summed E-state index contributed by atoms with van der Waals surface area (Å²) in [6, 6.07) is 12.4. The molecule has 0 unspecified atom stereocenters. The van der Waals surface area contributed by atoms with Crippen molar-refractivity contribution in [3.05, 3.63) is 64.7 Å². The van der Waals surface area contributed by atoms with E-state index in [0.717, 1.165) is 58.5 Å². The van der Waals surface area contributed by atoms with E-state index in [0.29, 0.717) is 5.69 Å². The zero-order valence-electron chi connectivity index (χ0n) is 22.1. The molecule has 1 aliphatic carbocycles. The molecule has 0 bridgehead atoms. The molecule has 7 nitrogen and oxygen atoms in total. The highest BCUT2D eigenvalue weighted by molar-refractivity contribution is 7.92. The lowest BCUT2D eigenvalue weighted by Crippen LogP contribution is -2.53. The lowest BCUT2D eigenvalue weighted by atomic mass is 9.95. The van der Waals surface area contributed by atoms with Crippen molar-refractivity contribution in [2.75, 3.05) is 17.1 Å². The predicted molar refractivity (Wildman–Crippen MR) is 144 cm³/mol. The van der Waals surface area contributed by atoms with Gasteiger partial charge in [-0.2, -0.15) is 0 Å². The summed E-state index contributed by atoms with van der Waals surface area (Å²) in [7, 11) is -3.74. The summed E-state index contributed by atoms with van der Waals surface area (Å²) in [5.74, 6) is -0.630. The highest BCUT2D eigenvalue weighted by atomic mass is 32.2. The number of anilines is 1. The topological polar surface area (TPSA) is 86.8 Å². The van der Waals surface area contributed by atoms with Crippen LogP contribution in [0.2, 0.25) is 0 Å². The maximum atomic E-state index is 13.7. The minimum absolute atomic E-state index is 0.118. The number of nitrogens with one attached hydrogen (secondary N) is 1. The summed E-state index contributed by atoms with van der Waals surface area (Å²) in [6.45, 7) is 7.37. The van der Waals surface area contributed by atoms with Gasteiger partial charge in [-0.05, 0) is 74.9 Å². The van der Waals surface area contributed by atoms with Gasteiger partial charge >= 0.3 is 0 Å². The zero-order chi connectivity index (χ0) is 26.5. The molecular formula is C28H39N3O4S. The van der Waals surface area contributed by atoms with Crippen LogP contribution in [0.5, 0.6) is 0 Å². The Hall–Kier alpha value is -2.87. The monoisotopic (exact) mass is 513 g/mol. The number of rotatable bonds is 9. The average Bonchev–Trinajstić information content (AvgIpc) is 2.83. The predicted octanol–water partition coefficient (Wildman–Crippen LogP) is 4.24. The Kier molecular flexibility index (Phi) is 9.17. The zero-order valence-corrected chi connectivity index (χ0v) is 22.9. The molecule has 0 aromatic heterocycles. The second-order valence-electron chi connectivity index (χ2n) is 10.0. The fraction of sp³-hybridized carbons (Fsp3) is 0.500. The van der Waals surface area contributed by atoms with E-state index in [1.807, 2.05) is 51.1 Å². The van der Waals surface area contributed by atoms with Crippen molar-refractivity contribution in [1.29, 1.82) is 0 Å². The molecule has 3 rings (SSSR count). The Morgan fingerprint density at radius 2 is 1.64 bits per heavy atom. The van der Waals surface area contributed by atoms with Crippen molar-refractivity contribution in [3.8, 4) is 0 Å². The molecule has 1 saturated carbocycles. The van der Waals surface area contributed by atoms with Crippen LogP contribution in [0.1, 0.15) is 61.3 Å². The number of benzene rings is 2. The van der Waals surface area contributed by atoms with Crippen LogP contribution in [0, 0.1) is 20.8 Å². The molecule has 2 aromatic rings. The van der Waals surface area contributed by atoms with Gasteiger partial charge in [-0.25, -0.2) is 8.42 Å². The summed E-state index contributed by atoms with van der Waals surface area (Å²) >= 11 is 0. The summed E-state index contributed by atoms with van der Waals surface area (Å²) < 4.78 is 26.6. The third-order valence-corrected chi connectivity index (χ3v) is 8.32. The van der Waals surface area contributed by atoms with Gasteiger partial charge in [0.15, 0.2) is 0 Å². The average molecular weight is 514 g/mol. The van der Waals surface area contributed by atoms with Crippen molar-refractivity contribution in [1.82, 2.24) is 10.2 Å². The minimum Gasteiger partial charge on any atom is -0.352 e. The Balaban J connectivity index is 1.89. The van der Waals surface area contributed by atoms with Gasteiger partial charge in [0.05, 0.1) is 11.9 Å². The van der Waals surface area contributed by atoms with Crippen LogP contribution in [0.15, 0.2) is 42.5 Å². The molecule has 0 spiro atoms. The van der Waals surface area contributed by atoms with Crippen LogP contribution in [0.3, 0.4) is 0 Å². The third kappa shape index (κ3) is 7.09. The Morgan fingerprint density at radius 3 is 2.25 bits per heavy atom. The van der Waals surface area contributed by atoms with Crippen LogP contribution in [-0.4, -0.2) is 50.0 Å². The molecule has 0 saturated heterocycles. The molecule has 1 N–H and O–H groups in total. The summed E-state index contributed by atoms with van der Waals surface area (Å²) in [5, 5.41) is 3.12. The first kappa shape index (κ1) is 27.7. The quantitative estimate of drug-likeness (QED) is 0.543. The maximum Gasteiger partial charge on any atom is 0.244 e. The molecule has 8 heteroatoms. The van der Waals surface area contributed by atoms with Gasteiger partial charge in [0.1, 0.15) is 12.6 Å². The first-order chi connectivity index (χ1) is 17.0. The van der Waals surface area contributed by atoms with Gasteiger partial charge in [0.2, 0.25) is 21.8 Å². The van der Waals surface area contributed by atoms with Gasteiger partial charge in [0.25, 0.3) is 0 Å². The van der Waals surface area contributed by atoms with E-state index >= 15 is 0 Å². The second kappa shape index (κ2) is 11.9. The molecule has 0 heterocycles. The van der Waals surface area contributed by atoms with E-state index in [4.69, 9.17) is 0 Å². The molecule has 1 fully saturated rings. The third-order valence-electron chi connectivity index (χ3n) is 7.18. The number of hydrogen-bond acceptors (Lipinski definition) is 4. The van der Waals surface area contributed by atoms with E-state index in [-0.39, 0.29) is 25.0 Å². The number of carbonyl (C=O) groups excluding carboxylic acids is 2. The molecule has 0 radical (unpaired) electrons. The Bertz CT molecular complexity index is 1190. The van der Waals surface area contributed by atoms with Crippen molar-refractivity contribution in [2.24, 2.45) is 0 Å². The largest absolute Gasteiger partial charge is 0.352 e. The van der Waals surface area contributed by atoms with Crippen LogP contribution in [0.4, 0.5) is 5.69 Å². The van der Waals surface area contributed by atoms with Gasteiger partial charge in [-0.1, -0.05) is 49.6 Å². The molecule has 36 heavy (non-hydrogen) atoms. The number of hydrogen-bond donors (Lipinski definition) is 1. The number of sulfonamides is 1. The van der Waals surface area contributed by atoms with Crippen molar-refractivity contribution in [3.63, 3.8) is 0 Å². The maximum absolute atomic E-state index is 13.7. The van der Waals surface area contributed by atoms with Crippen molar-refractivity contribution in [2.45, 2.75) is 78.4 Å². The van der Waals surface area contributed by atoms with Gasteiger partial charge < -0.3 is 10.2 Å². The van der Waals surface area contributed by atoms with Crippen LogP contribution >= 0.6 is 0 Å². The van der Waals surface area contributed by atoms with Crippen molar-refractivity contribution < 1.29 is 18.0 Å². The Morgan fingerprint density at radius 1 is 0.972 bits per heavy atom. The smallest absolute Gasteiger partial charge is 0.244 e. The number of nitrogens with zero attached hydrogens (tertiary/aromatic N) is 2. The summed E-state index contributed by atoms with van der Waals surface area (Å²) in [5.41, 5.74) is 4.33. The first-order valence-electron chi connectivity index (χ1n) is 12.7. The van der Waals surface area contributed by atoms with E-state index in [9.17, 15) is 18.0 Å². The second-order valence-corrected chi connectivity index (χ2v) is 11.9. The number of carbonyl (C=O) groups is 2. The van der Waals surface area contributed by atoms with E-state index in [1.54, 1.807) is 19.1 Å². The molecular weight excluding hydrogens is 474 g/mol. The molecule has 1 atom stereocenters. The minimum atomic E-state index is -3.74. The molecule has 2 aromatic carbocycles.